The SMILES string of the molecule is CC(C)C1=C2[C@H]3CCC4[C@@]5(C)CC[C@H](O)C(C)(C)C5CC[C@@]4(C)[C@]3(C)CC[C@@]2(C(=O)Nc2ccccn2)CC1=O. The number of hydrogen-bond acceptors (Lipinski definition) is 4. The Morgan fingerprint density at radius 1 is 0.950 bits per heavy atom. The molecule has 218 valence electrons. The van der Waals surface area contributed by atoms with Gasteiger partial charge in [-0.3, -0.25) is 9.59 Å². The van der Waals surface area contributed by atoms with Crippen molar-refractivity contribution in [1.29, 1.82) is 0 Å². The normalized spacial score (nSPS) is 44.0. The fourth-order valence-corrected chi connectivity index (χ4v) is 11.6. The van der Waals surface area contributed by atoms with Crippen LogP contribution in [0.4, 0.5) is 5.82 Å². The van der Waals surface area contributed by atoms with Gasteiger partial charge in [0.15, 0.2) is 5.78 Å². The Labute approximate surface area is 241 Å². The molecule has 4 fully saturated rings. The second kappa shape index (κ2) is 8.99. The summed E-state index contributed by atoms with van der Waals surface area (Å²) in [5, 5.41) is 14.1. The van der Waals surface area contributed by atoms with E-state index in [-0.39, 0.29) is 51.3 Å². The zero-order valence-electron chi connectivity index (χ0n) is 25.8. The van der Waals surface area contributed by atoms with Crippen LogP contribution in [0.3, 0.4) is 0 Å². The summed E-state index contributed by atoms with van der Waals surface area (Å²) in [6.45, 7) is 16.5. The highest BCUT2D eigenvalue weighted by molar-refractivity contribution is 6.09. The second-order valence-corrected chi connectivity index (χ2v) is 15.8. The van der Waals surface area contributed by atoms with Gasteiger partial charge >= 0.3 is 0 Å². The standard InChI is InChI=1S/C35H50N2O3/c1-21(2)28-23(38)20-35(30(40)37-27-10-8-9-19-36-27)18-17-33(6)22(29(28)35)11-12-25-32(5)15-14-26(39)31(3,4)24(32)13-16-34(25,33)7/h8-10,19,21-22,24-26,39H,11-18,20H2,1-7H3,(H,36,37,40)/t22-,24?,25?,26+,32+,33-,34-,35-/m1/s1. The van der Waals surface area contributed by atoms with Gasteiger partial charge in [-0.15, -0.1) is 0 Å². The first-order valence-corrected chi connectivity index (χ1v) is 15.9. The number of carbonyl (C=O) groups is 2. The van der Waals surface area contributed by atoms with Crippen LogP contribution in [0.25, 0.3) is 0 Å². The Hall–Kier alpha value is -2.01. The van der Waals surface area contributed by atoms with Crippen LogP contribution in [-0.4, -0.2) is 27.9 Å². The Kier molecular flexibility index (Phi) is 6.32. The summed E-state index contributed by atoms with van der Waals surface area (Å²) in [4.78, 5) is 32.3. The number of fused-ring (bicyclic) bond motifs is 7. The molecule has 0 aromatic carbocycles. The highest BCUT2D eigenvalue weighted by atomic mass is 16.3. The maximum absolute atomic E-state index is 14.2. The van der Waals surface area contributed by atoms with Crippen LogP contribution in [0.15, 0.2) is 35.5 Å². The van der Waals surface area contributed by atoms with Gasteiger partial charge < -0.3 is 10.4 Å². The molecule has 1 aromatic rings. The molecular formula is C35H50N2O3. The number of nitrogens with zero attached hydrogens (tertiary/aromatic N) is 1. The quantitative estimate of drug-likeness (QED) is 0.415. The lowest BCUT2D eigenvalue weighted by Crippen LogP contribution is -2.66. The van der Waals surface area contributed by atoms with Crippen LogP contribution >= 0.6 is 0 Å². The van der Waals surface area contributed by atoms with Gasteiger partial charge in [0.2, 0.25) is 5.91 Å². The minimum absolute atomic E-state index is 0.0268. The summed E-state index contributed by atoms with van der Waals surface area (Å²) < 4.78 is 0. The van der Waals surface area contributed by atoms with E-state index in [2.05, 4.69) is 58.8 Å². The number of pyridine rings is 1. The maximum Gasteiger partial charge on any atom is 0.236 e. The molecule has 4 saturated carbocycles. The van der Waals surface area contributed by atoms with Crippen molar-refractivity contribution in [2.45, 2.75) is 112 Å². The molecule has 2 unspecified atom stereocenters. The van der Waals surface area contributed by atoms with Gasteiger partial charge in [-0.2, -0.15) is 0 Å². The third-order valence-electron chi connectivity index (χ3n) is 13.8. The highest BCUT2D eigenvalue weighted by Gasteiger charge is 2.70. The average Bonchev–Trinajstić information content (AvgIpc) is 3.21. The number of aliphatic hydroxyl groups is 1. The van der Waals surface area contributed by atoms with E-state index in [0.717, 1.165) is 56.9 Å². The lowest BCUT2D eigenvalue weighted by molar-refractivity contribution is -0.228. The fourth-order valence-electron chi connectivity index (χ4n) is 11.6. The molecule has 0 saturated heterocycles. The molecule has 0 aliphatic heterocycles. The summed E-state index contributed by atoms with van der Waals surface area (Å²) in [7, 11) is 0. The number of rotatable bonds is 3. The predicted octanol–water partition coefficient (Wildman–Crippen LogP) is 7.36. The molecule has 5 nitrogen and oxygen atoms in total. The smallest absolute Gasteiger partial charge is 0.236 e. The Bertz CT molecular complexity index is 1250. The van der Waals surface area contributed by atoms with Crippen molar-refractivity contribution in [3.8, 4) is 0 Å². The number of amides is 1. The molecule has 2 N–H and O–H groups in total. The minimum Gasteiger partial charge on any atom is -0.393 e. The molecule has 0 spiro atoms. The first-order chi connectivity index (χ1) is 18.7. The number of ketones is 1. The van der Waals surface area contributed by atoms with Gasteiger partial charge in [0, 0.05) is 12.6 Å². The Morgan fingerprint density at radius 3 is 2.38 bits per heavy atom. The maximum atomic E-state index is 14.2. The summed E-state index contributed by atoms with van der Waals surface area (Å²) in [6, 6.07) is 5.57. The van der Waals surface area contributed by atoms with Gasteiger partial charge in [0.25, 0.3) is 0 Å². The molecule has 5 aliphatic carbocycles. The van der Waals surface area contributed by atoms with Crippen molar-refractivity contribution in [3.63, 3.8) is 0 Å². The van der Waals surface area contributed by atoms with Crippen LogP contribution in [-0.2, 0) is 9.59 Å². The lowest BCUT2D eigenvalue weighted by atomic mass is 9.33. The van der Waals surface area contributed by atoms with Gasteiger partial charge in [-0.1, -0.05) is 54.5 Å². The number of aromatic nitrogens is 1. The average molecular weight is 547 g/mol. The number of aliphatic hydroxyl groups excluding tert-OH is 1. The van der Waals surface area contributed by atoms with Crippen molar-refractivity contribution in [2.75, 3.05) is 5.32 Å². The molecule has 6 rings (SSSR count). The number of allylic oxidation sites excluding steroid dienone is 1. The van der Waals surface area contributed by atoms with E-state index in [1.165, 1.54) is 5.57 Å². The summed E-state index contributed by atoms with van der Waals surface area (Å²) in [6.07, 6.45) is 9.94. The van der Waals surface area contributed by atoms with E-state index in [9.17, 15) is 14.7 Å². The molecule has 1 heterocycles. The first kappa shape index (κ1) is 28.1. The molecule has 1 aromatic heterocycles. The van der Waals surface area contributed by atoms with Gasteiger partial charge in [-0.25, -0.2) is 4.98 Å². The van der Waals surface area contributed by atoms with Crippen LogP contribution in [0.2, 0.25) is 0 Å². The van der Waals surface area contributed by atoms with Crippen LogP contribution in [0, 0.1) is 50.7 Å². The van der Waals surface area contributed by atoms with Crippen molar-refractivity contribution >= 4 is 17.5 Å². The Balaban J connectivity index is 1.42. The molecule has 8 atom stereocenters. The summed E-state index contributed by atoms with van der Waals surface area (Å²) in [5.41, 5.74) is 1.65. The second-order valence-electron chi connectivity index (χ2n) is 15.8. The zero-order chi connectivity index (χ0) is 28.9. The number of Topliss-reactive ketones (excluding diaryl/α,β-unsaturated/α-hetero) is 1. The molecular weight excluding hydrogens is 496 g/mol. The minimum atomic E-state index is -0.764. The van der Waals surface area contributed by atoms with E-state index in [1.807, 2.05) is 18.2 Å². The van der Waals surface area contributed by atoms with E-state index < -0.39 is 5.41 Å². The molecule has 5 aliphatic rings. The van der Waals surface area contributed by atoms with Crippen molar-refractivity contribution < 1.29 is 14.7 Å². The monoisotopic (exact) mass is 546 g/mol. The number of hydrogen-bond donors (Lipinski definition) is 2. The van der Waals surface area contributed by atoms with Crippen LogP contribution in [0.5, 0.6) is 0 Å². The summed E-state index contributed by atoms with van der Waals surface area (Å²) in [5.74, 6) is 2.14. The van der Waals surface area contributed by atoms with E-state index in [0.29, 0.717) is 24.1 Å². The van der Waals surface area contributed by atoms with E-state index in [4.69, 9.17) is 0 Å². The van der Waals surface area contributed by atoms with E-state index >= 15 is 0 Å². The van der Waals surface area contributed by atoms with E-state index in [1.54, 1.807) is 6.20 Å². The third-order valence-corrected chi connectivity index (χ3v) is 13.8. The largest absolute Gasteiger partial charge is 0.393 e. The fraction of sp³-hybridized carbons (Fsp3) is 0.743. The molecule has 1 amide bonds. The molecule has 0 bridgehead atoms. The number of anilines is 1. The van der Waals surface area contributed by atoms with Gasteiger partial charge in [0.05, 0.1) is 11.5 Å². The molecule has 5 heteroatoms. The summed E-state index contributed by atoms with van der Waals surface area (Å²) >= 11 is 0. The third kappa shape index (κ3) is 3.51. The van der Waals surface area contributed by atoms with Gasteiger partial charge in [-0.05, 0) is 120 Å². The lowest BCUT2D eigenvalue weighted by Gasteiger charge is -2.72. The first-order valence-electron chi connectivity index (χ1n) is 15.9. The van der Waals surface area contributed by atoms with Crippen molar-refractivity contribution in [3.05, 3.63) is 35.5 Å². The zero-order valence-corrected chi connectivity index (χ0v) is 25.8. The topological polar surface area (TPSA) is 79.3 Å². The molecule has 40 heavy (non-hydrogen) atoms. The molecule has 0 radical (unpaired) electrons. The number of nitrogens with one attached hydrogen (secondary N) is 1. The number of carbonyl (C=O) groups excluding carboxylic acids is 2. The van der Waals surface area contributed by atoms with Crippen LogP contribution in [0.1, 0.15) is 106 Å². The van der Waals surface area contributed by atoms with Crippen molar-refractivity contribution in [1.82, 2.24) is 4.98 Å². The van der Waals surface area contributed by atoms with Crippen LogP contribution < -0.4 is 5.32 Å². The van der Waals surface area contributed by atoms with Crippen molar-refractivity contribution in [2.24, 2.45) is 50.7 Å². The van der Waals surface area contributed by atoms with Gasteiger partial charge in [0.1, 0.15) is 5.82 Å². The highest BCUT2D eigenvalue weighted by Crippen LogP contribution is 2.76. The Morgan fingerprint density at radius 2 is 1.70 bits per heavy atom. The predicted molar refractivity (Wildman–Crippen MR) is 158 cm³/mol.